The van der Waals surface area contributed by atoms with Gasteiger partial charge in [-0.25, -0.2) is 0 Å². The van der Waals surface area contributed by atoms with Gasteiger partial charge in [0.25, 0.3) is 0 Å². The molecule has 1 aromatic carbocycles. The average Bonchev–Trinajstić information content (AvgIpc) is 2.93. The predicted molar refractivity (Wildman–Crippen MR) is 81.9 cm³/mol. The average molecular weight is 270 g/mol. The second-order valence-electron chi connectivity index (χ2n) is 5.36. The Labute approximate surface area is 120 Å². The van der Waals surface area contributed by atoms with Crippen LogP contribution in [-0.4, -0.2) is 13.1 Å². The molecule has 20 heavy (non-hydrogen) atoms. The summed E-state index contributed by atoms with van der Waals surface area (Å²) < 4.78 is 5.70. The molecule has 3 nitrogen and oxygen atoms in total. The minimum Gasteiger partial charge on any atom is -0.467 e. The van der Waals surface area contributed by atoms with E-state index in [-0.39, 0.29) is 0 Å². The molecule has 2 heterocycles. The fraction of sp³-hybridized carbons (Fsp3) is 0.412. The molecular formula is C17H22N2O. The zero-order chi connectivity index (χ0) is 13.8. The lowest BCUT2D eigenvalue weighted by atomic mass is 10.0. The molecule has 1 aromatic heterocycles. The molecule has 0 fully saturated rings. The van der Waals surface area contributed by atoms with Gasteiger partial charge in [-0.3, -0.25) is 0 Å². The number of hydrogen-bond acceptors (Lipinski definition) is 3. The molecule has 3 heteroatoms. The summed E-state index contributed by atoms with van der Waals surface area (Å²) in [6.45, 7) is 5.96. The maximum atomic E-state index is 5.70. The van der Waals surface area contributed by atoms with E-state index in [0.717, 1.165) is 31.9 Å². The van der Waals surface area contributed by atoms with Gasteiger partial charge in [0.2, 0.25) is 0 Å². The third-order valence-corrected chi connectivity index (χ3v) is 3.84. The molecule has 1 N–H and O–H groups in total. The van der Waals surface area contributed by atoms with Gasteiger partial charge in [0.05, 0.1) is 12.8 Å². The van der Waals surface area contributed by atoms with Gasteiger partial charge in [0.15, 0.2) is 0 Å². The molecule has 0 saturated heterocycles. The molecule has 0 amide bonds. The lowest BCUT2D eigenvalue weighted by Gasteiger charge is -2.30. The van der Waals surface area contributed by atoms with Crippen LogP contribution >= 0.6 is 0 Å². The quantitative estimate of drug-likeness (QED) is 0.903. The SMILES string of the molecule is CCNCc1coc(CN2CCCc3ccccc32)c1. The third kappa shape index (κ3) is 2.88. The van der Waals surface area contributed by atoms with Crippen LogP contribution in [0.3, 0.4) is 0 Å². The van der Waals surface area contributed by atoms with E-state index in [1.54, 1.807) is 0 Å². The second kappa shape index (κ2) is 6.14. The second-order valence-corrected chi connectivity index (χ2v) is 5.36. The summed E-state index contributed by atoms with van der Waals surface area (Å²) in [7, 11) is 0. The first-order valence-electron chi connectivity index (χ1n) is 7.46. The number of nitrogens with one attached hydrogen (secondary N) is 1. The third-order valence-electron chi connectivity index (χ3n) is 3.84. The monoisotopic (exact) mass is 270 g/mol. The summed E-state index contributed by atoms with van der Waals surface area (Å²) in [6.07, 6.45) is 4.28. The van der Waals surface area contributed by atoms with Crippen LogP contribution in [0.25, 0.3) is 0 Å². The normalized spacial score (nSPS) is 14.3. The van der Waals surface area contributed by atoms with Crippen molar-refractivity contribution in [1.29, 1.82) is 0 Å². The van der Waals surface area contributed by atoms with E-state index in [1.807, 2.05) is 6.26 Å². The standard InChI is InChI=1S/C17H22N2O/c1-2-18-11-14-10-16(20-13-14)12-19-9-5-7-15-6-3-4-8-17(15)19/h3-4,6,8,10,13,18H,2,5,7,9,11-12H2,1H3. The Bertz CT molecular complexity index is 562. The fourth-order valence-corrected chi connectivity index (χ4v) is 2.84. The zero-order valence-electron chi connectivity index (χ0n) is 12.1. The molecule has 106 valence electrons. The fourth-order valence-electron chi connectivity index (χ4n) is 2.84. The Hall–Kier alpha value is -1.74. The summed E-state index contributed by atoms with van der Waals surface area (Å²) in [5.41, 5.74) is 4.05. The molecule has 1 aliphatic heterocycles. The van der Waals surface area contributed by atoms with E-state index in [4.69, 9.17) is 4.42 Å². The Morgan fingerprint density at radius 1 is 1.30 bits per heavy atom. The molecule has 0 radical (unpaired) electrons. The summed E-state index contributed by atoms with van der Waals surface area (Å²) in [5, 5.41) is 3.32. The summed E-state index contributed by atoms with van der Waals surface area (Å²) in [5.74, 6) is 1.05. The Morgan fingerprint density at radius 3 is 3.10 bits per heavy atom. The van der Waals surface area contributed by atoms with E-state index < -0.39 is 0 Å². The van der Waals surface area contributed by atoms with Crippen LogP contribution in [0.2, 0.25) is 0 Å². The van der Waals surface area contributed by atoms with Crippen molar-refractivity contribution in [3.63, 3.8) is 0 Å². The molecule has 0 unspecified atom stereocenters. The van der Waals surface area contributed by atoms with Crippen molar-refractivity contribution in [3.05, 3.63) is 53.5 Å². The Balaban J connectivity index is 1.71. The van der Waals surface area contributed by atoms with Gasteiger partial charge in [-0.05, 0) is 37.1 Å². The summed E-state index contributed by atoms with van der Waals surface area (Å²) in [4.78, 5) is 2.43. The number of furan rings is 1. The molecule has 0 saturated carbocycles. The van der Waals surface area contributed by atoms with Crippen molar-refractivity contribution >= 4 is 5.69 Å². The summed E-state index contributed by atoms with van der Waals surface area (Å²) in [6, 6.07) is 10.9. The van der Waals surface area contributed by atoms with E-state index in [2.05, 4.69) is 47.5 Å². The number of benzene rings is 1. The van der Waals surface area contributed by atoms with Crippen LogP contribution in [-0.2, 0) is 19.5 Å². The number of hydrogen-bond donors (Lipinski definition) is 1. The van der Waals surface area contributed by atoms with Crippen LogP contribution < -0.4 is 10.2 Å². The van der Waals surface area contributed by atoms with Crippen LogP contribution in [0.1, 0.15) is 30.2 Å². The van der Waals surface area contributed by atoms with Gasteiger partial charge in [-0.1, -0.05) is 25.1 Å². The van der Waals surface area contributed by atoms with Gasteiger partial charge in [-0.2, -0.15) is 0 Å². The van der Waals surface area contributed by atoms with Crippen molar-refractivity contribution in [1.82, 2.24) is 5.32 Å². The molecule has 0 spiro atoms. The largest absolute Gasteiger partial charge is 0.467 e. The molecular weight excluding hydrogens is 248 g/mol. The van der Waals surface area contributed by atoms with Gasteiger partial charge >= 0.3 is 0 Å². The minimum atomic E-state index is 0.864. The molecule has 2 aromatic rings. The Kier molecular flexibility index (Phi) is 4.07. The van der Waals surface area contributed by atoms with Crippen molar-refractivity contribution in [3.8, 4) is 0 Å². The number of anilines is 1. The smallest absolute Gasteiger partial charge is 0.123 e. The number of aryl methyl sites for hydroxylation is 1. The van der Waals surface area contributed by atoms with E-state index in [9.17, 15) is 0 Å². The lowest BCUT2D eigenvalue weighted by Crippen LogP contribution is -2.28. The minimum absolute atomic E-state index is 0.864. The highest BCUT2D eigenvalue weighted by Gasteiger charge is 2.17. The molecule has 1 aliphatic rings. The number of rotatable bonds is 5. The first kappa shape index (κ1) is 13.3. The zero-order valence-corrected chi connectivity index (χ0v) is 12.1. The van der Waals surface area contributed by atoms with Crippen LogP contribution in [0.4, 0.5) is 5.69 Å². The van der Waals surface area contributed by atoms with Gasteiger partial charge in [0.1, 0.15) is 5.76 Å². The van der Waals surface area contributed by atoms with Crippen LogP contribution in [0.5, 0.6) is 0 Å². The van der Waals surface area contributed by atoms with Crippen LogP contribution in [0, 0.1) is 0 Å². The number of para-hydroxylation sites is 1. The molecule has 0 bridgehead atoms. The van der Waals surface area contributed by atoms with Crippen LogP contribution in [0.15, 0.2) is 41.0 Å². The van der Waals surface area contributed by atoms with Gasteiger partial charge in [0, 0.05) is 24.3 Å². The van der Waals surface area contributed by atoms with E-state index in [0.29, 0.717) is 0 Å². The first-order valence-corrected chi connectivity index (χ1v) is 7.46. The van der Waals surface area contributed by atoms with Gasteiger partial charge < -0.3 is 14.6 Å². The lowest BCUT2D eigenvalue weighted by molar-refractivity contribution is 0.495. The first-order chi connectivity index (χ1) is 9.86. The maximum Gasteiger partial charge on any atom is 0.123 e. The van der Waals surface area contributed by atoms with E-state index in [1.165, 1.54) is 29.7 Å². The summed E-state index contributed by atoms with van der Waals surface area (Å²) >= 11 is 0. The van der Waals surface area contributed by atoms with E-state index >= 15 is 0 Å². The van der Waals surface area contributed by atoms with Crippen molar-refractivity contribution in [2.75, 3.05) is 18.0 Å². The molecule has 0 atom stereocenters. The predicted octanol–water partition coefficient (Wildman–Crippen LogP) is 3.34. The highest BCUT2D eigenvalue weighted by molar-refractivity contribution is 5.55. The van der Waals surface area contributed by atoms with Crippen molar-refractivity contribution < 1.29 is 4.42 Å². The highest BCUT2D eigenvalue weighted by Crippen LogP contribution is 2.28. The molecule has 0 aliphatic carbocycles. The topological polar surface area (TPSA) is 28.4 Å². The highest BCUT2D eigenvalue weighted by atomic mass is 16.3. The van der Waals surface area contributed by atoms with Crippen molar-refractivity contribution in [2.24, 2.45) is 0 Å². The van der Waals surface area contributed by atoms with Crippen molar-refractivity contribution in [2.45, 2.75) is 32.9 Å². The molecule has 3 rings (SSSR count). The maximum absolute atomic E-state index is 5.70. The Morgan fingerprint density at radius 2 is 2.20 bits per heavy atom. The number of fused-ring (bicyclic) bond motifs is 1. The number of nitrogens with zero attached hydrogens (tertiary/aromatic N) is 1. The van der Waals surface area contributed by atoms with Gasteiger partial charge in [-0.15, -0.1) is 0 Å².